The van der Waals surface area contributed by atoms with E-state index in [4.69, 9.17) is 5.73 Å². The molecule has 2 aromatic heterocycles. The summed E-state index contributed by atoms with van der Waals surface area (Å²) in [6.07, 6.45) is 5.52. The van der Waals surface area contributed by atoms with Crippen molar-refractivity contribution in [3.05, 3.63) is 29.8 Å². The van der Waals surface area contributed by atoms with Crippen LogP contribution in [0.1, 0.15) is 18.2 Å². The second-order valence-corrected chi connectivity index (χ2v) is 3.57. The summed E-state index contributed by atoms with van der Waals surface area (Å²) < 4.78 is 3.75. The van der Waals surface area contributed by atoms with Crippen LogP contribution in [-0.2, 0) is 13.1 Å². The van der Waals surface area contributed by atoms with Crippen LogP contribution >= 0.6 is 0 Å². The van der Waals surface area contributed by atoms with Gasteiger partial charge in [-0.3, -0.25) is 9.36 Å². The van der Waals surface area contributed by atoms with Gasteiger partial charge in [-0.05, 0) is 13.8 Å². The molecule has 0 aliphatic rings. The zero-order valence-corrected chi connectivity index (χ0v) is 9.01. The van der Waals surface area contributed by atoms with Crippen LogP contribution in [0.3, 0.4) is 0 Å². The maximum atomic E-state index is 5.60. The second-order valence-electron chi connectivity index (χ2n) is 3.57. The molecule has 2 N–H and O–H groups in total. The SMILES string of the molecule is CCn1cc(Cn2cc(N)cn2)c(C)n1. The number of aromatic nitrogens is 4. The highest BCUT2D eigenvalue weighted by atomic mass is 15.3. The Labute approximate surface area is 88.5 Å². The maximum Gasteiger partial charge on any atom is 0.0719 e. The molecule has 15 heavy (non-hydrogen) atoms. The number of hydrogen-bond donors (Lipinski definition) is 1. The summed E-state index contributed by atoms with van der Waals surface area (Å²) in [6.45, 7) is 5.70. The van der Waals surface area contributed by atoms with Crippen LogP contribution in [0.15, 0.2) is 18.6 Å². The average molecular weight is 205 g/mol. The number of aryl methyl sites for hydroxylation is 2. The summed E-state index contributed by atoms with van der Waals surface area (Å²) >= 11 is 0. The van der Waals surface area contributed by atoms with E-state index in [1.807, 2.05) is 28.7 Å². The third-order valence-corrected chi connectivity index (χ3v) is 2.36. The number of anilines is 1. The molecule has 0 bridgehead atoms. The van der Waals surface area contributed by atoms with Gasteiger partial charge in [0.25, 0.3) is 0 Å². The molecule has 2 aromatic rings. The van der Waals surface area contributed by atoms with Crippen LogP contribution in [0.2, 0.25) is 0 Å². The quantitative estimate of drug-likeness (QED) is 0.814. The zero-order chi connectivity index (χ0) is 10.8. The van der Waals surface area contributed by atoms with Gasteiger partial charge in [-0.15, -0.1) is 0 Å². The largest absolute Gasteiger partial charge is 0.396 e. The van der Waals surface area contributed by atoms with Crippen molar-refractivity contribution in [3.63, 3.8) is 0 Å². The number of rotatable bonds is 3. The van der Waals surface area contributed by atoms with Crippen molar-refractivity contribution < 1.29 is 0 Å². The topological polar surface area (TPSA) is 61.7 Å². The van der Waals surface area contributed by atoms with Crippen LogP contribution in [-0.4, -0.2) is 19.6 Å². The normalized spacial score (nSPS) is 10.8. The minimum atomic E-state index is 0.690. The number of hydrogen-bond acceptors (Lipinski definition) is 3. The first kappa shape index (κ1) is 9.76. The van der Waals surface area contributed by atoms with Gasteiger partial charge in [-0.2, -0.15) is 10.2 Å². The van der Waals surface area contributed by atoms with Crippen LogP contribution < -0.4 is 5.73 Å². The average Bonchev–Trinajstić information content (AvgIpc) is 2.75. The Kier molecular flexibility index (Phi) is 2.45. The van der Waals surface area contributed by atoms with E-state index in [0.717, 1.165) is 18.8 Å². The standard InChI is InChI=1S/C10H15N5/c1-3-14-5-9(8(2)13-14)6-15-7-10(11)4-12-15/h4-5,7H,3,6,11H2,1-2H3. The summed E-state index contributed by atoms with van der Waals surface area (Å²) in [5, 5.41) is 8.52. The van der Waals surface area contributed by atoms with E-state index in [1.54, 1.807) is 6.20 Å². The first-order chi connectivity index (χ1) is 7.19. The lowest BCUT2D eigenvalue weighted by atomic mass is 10.3. The molecule has 2 heterocycles. The zero-order valence-electron chi connectivity index (χ0n) is 9.01. The number of nitrogens with two attached hydrogens (primary N) is 1. The summed E-state index contributed by atoms with van der Waals surface area (Å²) in [5.41, 5.74) is 8.52. The molecule has 0 unspecified atom stereocenters. The molecule has 5 heteroatoms. The molecule has 0 radical (unpaired) electrons. The predicted molar refractivity (Wildman–Crippen MR) is 58.4 cm³/mol. The van der Waals surface area contributed by atoms with Crippen LogP contribution in [0.25, 0.3) is 0 Å². The summed E-state index contributed by atoms with van der Waals surface area (Å²) in [7, 11) is 0. The van der Waals surface area contributed by atoms with Crippen LogP contribution in [0.4, 0.5) is 5.69 Å². The summed E-state index contributed by atoms with van der Waals surface area (Å²) in [5.74, 6) is 0. The highest BCUT2D eigenvalue weighted by molar-refractivity contribution is 5.31. The molecule has 5 nitrogen and oxygen atoms in total. The van der Waals surface area contributed by atoms with Gasteiger partial charge in [0.15, 0.2) is 0 Å². The Morgan fingerprint density at radius 2 is 2.13 bits per heavy atom. The molecule has 0 saturated heterocycles. The minimum Gasteiger partial charge on any atom is -0.396 e. The van der Waals surface area contributed by atoms with Crippen molar-refractivity contribution in [1.29, 1.82) is 0 Å². The Morgan fingerprint density at radius 3 is 2.67 bits per heavy atom. The third-order valence-electron chi connectivity index (χ3n) is 2.36. The summed E-state index contributed by atoms with van der Waals surface area (Å²) in [6, 6.07) is 0. The number of nitrogens with zero attached hydrogens (tertiary/aromatic N) is 4. The van der Waals surface area contributed by atoms with Gasteiger partial charge in [0.05, 0.1) is 24.1 Å². The van der Waals surface area contributed by atoms with Crippen molar-refractivity contribution in [3.8, 4) is 0 Å². The van der Waals surface area contributed by atoms with Gasteiger partial charge in [-0.25, -0.2) is 0 Å². The molecule has 80 valence electrons. The molecule has 0 amide bonds. The smallest absolute Gasteiger partial charge is 0.0719 e. The van der Waals surface area contributed by atoms with Gasteiger partial charge in [0.2, 0.25) is 0 Å². The van der Waals surface area contributed by atoms with E-state index in [-0.39, 0.29) is 0 Å². The van der Waals surface area contributed by atoms with E-state index < -0.39 is 0 Å². The van der Waals surface area contributed by atoms with E-state index in [1.165, 1.54) is 5.56 Å². The first-order valence-corrected chi connectivity index (χ1v) is 5.00. The van der Waals surface area contributed by atoms with Crippen molar-refractivity contribution in [2.24, 2.45) is 0 Å². The lowest BCUT2D eigenvalue weighted by molar-refractivity contribution is 0.651. The van der Waals surface area contributed by atoms with Crippen molar-refractivity contribution >= 4 is 5.69 Å². The fourth-order valence-corrected chi connectivity index (χ4v) is 1.52. The van der Waals surface area contributed by atoms with Crippen molar-refractivity contribution in [2.45, 2.75) is 26.9 Å². The van der Waals surface area contributed by atoms with Crippen molar-refractivity contribution in [2.75, 3.05) is 5.73 Å². The van der Waals surface area contributed by atoms with Gasteiger partial charge in [-0.1, -0.05) is 0 Å². The molecule has 0 atom stereocenters. The van der Waals surface area contributed by atoms with Crippen molar-refractivity contribution in [1.82, 2.24) is 19.6 Å². The van der Waals surface area contributed by atoms with Gasteiger partial charge < -0.3 is 5.73 Å². The molecule has 0 aromatic carbocycles. The lowest BCUT2D eigenvalue weighted by Gasteiger charge is -1.98. The molecular weight excluding hydrogens is 190 g/mol. The Bertz CT molecular complexity index is 454. The molecule has 0 aliphatic carbocycles. The molecular formula is C10H15N5. The van der Waals surface area contributed by atoms with Gasteiger partial charge >= 0.3 is 0 Å². The Hall–Kier alpha value is -1.78. The number of nitrogen functional groups attached to an aromatic ring is 1. The highest BCUT2D eigenvalue weighted by Crippen LogP contribution is 2.08. The highest BCUT2D eigenvalue weighted by Gasteiger charge is 2.05. The fourth-order valence-electron chi connectivity index (χ4n) is 1.52. The van der Waals surface area contributed by atoms with Crippen LogP contribution in [0.5, 0.6) is 0 Å². The van der Waals surface area contributed by atoms with Crippen LogP contribution in [0, 0.1) is 6.92 Å². The fraction of sp³-hybridized carbons (Fsp3) is 0.400. The van der Waals surface area contributed by atoms with E-state index in [0.29, 0.717) is 5.69 Å². The molecule has 2 rings (SSSR count). The second kappa shape index (κ2) is 3.76. The molecule has 0 fully saturated rings. The first-order valence-electron chi connectivity index (χ1n) is 5.00. The van der Waals surface area contributed by atoms with E-state index >= 15 is 0 Å². The molecule has 0 spiro atoms. The Morgan fingerprint density at radius 1 is 1.33 bits per heavy atom. The van der Waals surface area contributed by atoms with E-state index in [2.05, 4.69) is 17.1 Å². The van der Waals surface area contributed by atoms with E-state index in [9.17, 15) is 0 Å². The Balaban J connectivity index is 2.20. The lowest BCUT2D eigenvalue weighted by Crippen LogP contribution is -2.00. The third kappa shape index (κ3) is 2.01. The van der Waals surface area contributed by atoms with Gasteiger partial charge in [0, 0.05) is 24.5 Å². The van der Waals surface area contributed by atoms with Gasteiger partial charge in [0.1, 0.15) is 0 Å². The minimum absolute atomic E-state index is 0.690. The molecule has 0 aliphatic heterocycles. The summed E-state index contributed by atoms with van der Waals surface area (Å²) in [4.78, 5) is 0. The maximum absolute atomic E-state index is 5.60. The monoisotopic (exact) mass is 205 g/mol. The predicted octanol–water partition coefficient (Wildman–Crippen LogP) is 1.04. The molecule has 0 saturated carbocycles.